The average molecular weight is 220 g/mol. The topological polar surface area (TPSA) is 25.8 Å². The molecule has 1 atom stereocenters. The van der Waals surface area contributed by atoms with Gasteiger partial charge in [0, 0.05) is 5.56 Å². The molecule has 1 aromatic carbocycles. The number of aromatic nitrogens is 2. The molecular formula is C11H9FN2S. The third-order valence-corrected chi connectivity index (χ3v) is 2.93. The molecule has 1 heterocycles. The summed E-state index contributed by atoms with van der Waals surface area (Å²) in [6.07, 6.45) is -0.00471. The van der Waals surface area contributed by atoms with Gasteiger partial charge in [0.25, 0.3) is 0 Å². The molecule has 2 nitrogen and oxygen atoms in total. The van der Waals surface area contributed by atoms with Crippen molar-refractivity contribution in [2.45, 2.75) is 6.17 Å². The van der Waals surface area contributed by atoms with E-state index in [2.05, 4.69) is 16.8 Å². The minimum atomic E-state index is -1.22. The van der Waals surface area contributed by atoms with Gasteiger partial charge in [0.1, 0.15) is 5.01 Å². The van der Waals surface area contributed by atoms with Crippen molar-refractivity contribution in [2.75, 3.05) is 0 Å². The summed E-state index contributed by atoms with van der Waals surface area (Å²) in [5.41, 5.74) is 0.956. The number of hydrogen-bond acceptors (Lipinski definition) is 3. The fourth-order valence-electron chi connectivity index (χ4n) is 1.14. The molecule has 0 aliphatic carbocycles. The maximum absolute atomic E-state index is 13.2. The third-order valence-electron chi connectivity index (χ3n) is 1.90. The first-order valence-corrected chi connectivity index (χ1v) is 5.28. The molecule has 0 amide bonds. The molecule has 15 heavy (non-hydrogen) atoms. The second kappa shape index (κ2) is 4.31. The van der Waals surface area contributed by atoms with Crippen LogP contribution in [0.4, 0.5) is 4.39 Å². The van der Waals surface area contributed by atoms with Gasteiger partial charge in [0.15, 0.2) is 11.2 Å². The Morgan fingerprint density at radius 3 is 2.67 bits per heavy atom. The summed E-state index contributed by atoms with van der Waals surface area (Å²) in [7, 11) is 0. The van der Waals surface area contributed by atoms with Crippen LogP contribution >= 0.6 is 11.3 Å². The van der Waals surface area contributed by atoms with Crippen molar-refractivity contribution in [2.24, 2.45) is 0 Å². The third kappa shape index (κ3) is 2.10. The molecule has 0 aliphatic heterocycles. The Labute approximate surface area is 91.1 Å². The van der Waals surface area contributed by atoms with Crippen molar-refractivity contribution < 1.29 is 4.39 Å². The van der Waals surface area contributed by atoms with E-state index >= 15 is 0 Å². The molecule has 0 fully saturated rings. The van der Waals surface area contributed by atoms with Gasteiger partial charge in [-0.3, -0.25) is 0 Å². The zero-order chi connectivity index (χ0) is 10.7. The summed E-state index contributed by atoms with van der Waals surface area (Å²) >= 11 is 1.25. The Kier molecular flexibility index (Phi) is 2.87. The predicted molar refractivity (Wildman–Crippen MR) is 59.4 cm³/mol. The van der Waals surface area contributed by atoms with Crippen molar-refractivity contribution in [3.05, 3.63) is 48.0 Å². The van der Waals surface area contributed by atoms with E-state index in [4.69, 9.17) is 0 Å². The maximum Gasteiger partial charge on any atom is 0.171 e. The van der Waals surface area contributed by atoms with Crippen molar-refractivity contribution >= 4 is 11.3 Å². The highest BCUT2D eigenvalue weighted by atomic mass is 32.1. The molecule has 0 saturated heterocycles. The van der Waals surface area contributed by atoms with Gasteiger partial charge in [-0.2, -0.15) is 0 Å². The Bertz CT molecular complexity index is 453. The van der Waals surface area contributed by atoms with E-state index in [1.54, 1.807) is 0 Å². The molecule has 1 unspecified atom stereocenters. The highest BCUT2D eigenvalue weighted by Crippen LogP contribution is 2.28. The highest BCUT2D eigenvalue weighted by molar-refractivity contribution is 7.14. The van der Waals surface area contributed by atoms with Crippen LogP contribution < -0.4 is 0 Å². The minimum absolute atomic E-state index is 0.351. The summed E-state index contributed by atoms with van der Waals surface area (Å²) in [6.45, 7) is 3.38. The largest absolute Gasteiger partial charge is 0.235 e. The van der Waals surface area contributed by atoms with Gasteiger partial charge < -0.3 is 0 Å². The molecule has 0 spiro atoms. The van der Waals surface area contributed by atoms with Gasteiger partial charge >= 0.3 is 0 Å². The molecule has 76 valence electrons. The smallest absolute Gasteiger partial charge is 0.171 e. The fourth-order valence-corrected chi connectivity index (χ4v) is 1.97. The molecule has 2 rings (SSSR count). The van der Waals surface area contributed by atoms with E-state index in [1.165, 1.54) is 17.4 Å². The Morgan fingerprint density at radius 2 is 2.00 bits per heavy atom. The first kappa shape index (κ1) is 9.98. The fraction of sp³-hybridized carbons (Fsp3) is 0.0909. The molecule has 0 aliphatic rings. The van der Waals surface area contributed by atoms with E-state index in [1.807, 2.05) is 30.3 Å². The summed E-state index contributed by atoms with van der Waals surface area (Å²) in [4.78, 5) is 0. The Morgan fingerprint density at radius 1 is 1.27 bits per heavy atom. The quantitative estimate of drug-likeness (QED) is 0.741. The van der Waals surface area contributed by atoms with Gasteiger partial charge in [0.05, 0.1) is 0 Å². The SMILES string of the molecule is C=CC(F)c1nnc(-c2ccccc2)s1. The molecule has 0 N–H and O–H groups in total. The number of rotatable bonds is 3. The average Bonchev–Trinajstić information content (AvgIpc) is 2.78. The van der Waals surface area contributed by atoms with E-state index in [-0.39, 0.29) is 0 Å². The first-order chi connectivity index (χ1) is 7.31. The monoisotopic (exact) mass is 220 g/mol. The number of allylic oxidation sites excluding steroid dienone is 1. The second-order valence-corrected chi connectivity index (χ2v) is 3.96. The van der Waals surface area contributed by atoms with E-state index in [0.717, 1.165) is 10.6 Å². The van der Waals surface area contributed by atoms with Crippen LogP contribution in [0.5, 0.6) is 0 Å². The summed E-state index contributed by atoms with van der Waals surface area (Å²) in [6, 6.07) is 9.59. The van der Waals surface area contributed by atoms with Gasteiger partial charge in [0.2, 0.25) is 0 Å². The van der Waals surface area contributed by atoms with Crippen LogP contribution in [0.3, 0.4) is 0 Å². The zero-order valence-electron chi connectivity index (χ0n) is 7.93. The summed E-state index contributed by atoms with van der Waals surface area (Å²) in [5, 5.41) is 8.80. The normalized spacial score (nSPS) is 12.3. The first-order valence-electron chi connectivity index (χ1n) is 4.46. The predicted octanol–water partition coefficient (Wildman–Crippen LogP) is 3.40. The molecule has 4 heteroatoms. The Hall–Kier alpha value is -1.55. The number of alkyl halides is 1. The Balaban J connectivity index is 2.32. The minimum Gasteiger partial charge on any atom is -0.235 e. The van der Waals surface area contributed by atoms with Gasteiger partial charge in [-0.05, 0) is 0 Å². The second-order valence-electron chi connectivity index (χ2n) is 2.95. The lowest BCUT2D eigenvalue weighted by Crippen LogP contribution is -1.83. The van der Waals surface area contributed by atoms with Crippen LogP contribution in [-0.2, 0) is 0 Å². The lowest BCUT2D eigenvalue weighted by molar-refractivity contribution is 0.411. The zero-order valence-corrected chi connectivity index (χ0v) is 8.75. The highest BCUT2D eigenvalue weighted by Gasteiger charge is 2.12. The standard InChI is InChI=1S/C11H9FN2S/c1-2-9(12)11-14-13-10(15-11)8-6-4-3-5-7-8/h2-7,9H,1H2. The molecular weight excluding hydrogens is 211 g/mol. The van der Waals surface area contributed by atoms with Crippen molar-refractivity contribution in [1.82, 2.24) is 10.2 Å². The van der Waals surface area contributed by atoms with Gasteiger partial charge in [-0.15, -0.1) is 10.2 Å². The molecule has 1 aromatic heterocycles. The van der Waals surface area contributed by atoms with Crippen LogP contribution in [0.2, 0.25) is 0 Å². The van der Waals surface area contributed by atoms with Crippen LogP contribution in [0.25, 0.3) is 10.6 Å². The van der Waals surface area contributed by atoms with Crippen LogP contribution in [0.1, 0.15) is 11.2 Å². The van der Waals surface area contributed by atoms with Crippen molar-refractivity contribution in [1.29, 1.82) is 0 Å². The van der Waals surface area contributed by atoms with Crippen LogP contribution in [-0.4, -0.2) is 10.2 Å². The van der Waals surface area contributed by atoms with Crippen molar-refractivity contribution in [3.63, 3.8) is 0 Å². The summed E-state index contributed by atoms with van der Waals surface area (Å²) < 4.78 is 13.2. The maximum atomic E-state index is 13.2. The van der Waals surface area contributed by atoms with E-state index < -0.39 is 6.17 Å². The molecule has 0 saturated carbocycles. The van der Waals surface area contributed by atoms with E-state index in [0.29, 0.717) is 5.01 Å². The molecule has 2 aromatic rings. The number of hydrogen-bond donors (Lipinski definition) is 0. The lowest BCUT2D eigenvalue weighted by atomic mass is 10.2. The van der Waals surface area contributed by atoms with E-state index in [9.17, 15) is 4.39 Å². The molecule has 0 bridgehead atoms. The number of nitrogens with zero attached hydrogens (tertiary/aromatic N) is 2. The van der Waals surface area contributed by atoms with Crippen molar-refractivity contribution in [3.8, 4) is 10.6 Å². The van der Waals surface area contributed by atoms with Crippen LogP contribution in [0.15, 0.2) is 43.0 Å². The summed E-state index contributed by atoms with van der Waals surface area (Å²) in [5.74, 6) is 0. The van der Waals surface area contributed by atoms with Crippen LogP contribution in [0, 0.1) is 0 Å². The number of halogens is 1. The van der Waals surface area contributed by atoms with Gasteiger partial charge in [-0.1, -0.05) is 54.3 Å². The number of benzene rings is 1. The van der Waals surface area contributed by atoms with Gasteiger partial charge in [-0.25, -0.2) is 4.39 Å². The lowest BCUT2D eigenvalue weighted by Gasteiger charge is -1.93. The molecule has 0 radical (unpaired) electrons.